The summed E-state index contributed by atoms with van der Waals surface area (Å²) in [6.07, 6.45) is 2.79. The number of hydrogen-bond acceptors (Lipinski definition) is 4. The highest BCUT2D eigenvalue weighted by Gasteiger charge is 2.48. The van der Waals surface area contributed by atoms with Crippen molar-refractivity contribution in [1.82, 2.24) is 9.62 Å². The molecule has 0 radical (unpaired) electrons. The summed E-state index contributed by atoms with van der Waals surface area (Å²) in [5.74, 6) is -0.379. The van der Waals surface area contributed by atoms with Crippen molar-refractivity contribution in [2.24, 2.45) is 11.3 Å². The third-order valence-electron chi connectivity index (χ3n) is 4.76. The number of sulfonamides is 1. The van der Waals surface area contributed by atoms with Gasteiger partial charge in [-0.2, -0.15) is 0 Å². The predicted molar refractivity (Wildman–Crippen MR) is 75.5 cm³/mol. The van der Waals surface area contributed by atoms with Crippen LogP contribution in [0.4, 0.5) is 0 Å². The van der Waals surface area contributed by atoms with Gasteiger partial charge in [-0.15, -0.1) is 0 Å². The molecule has 0 bridgehead atoms. The topological polar surface area (TPSA) is 86.7 Å². The highest BCUT2D eigenvalue weighted by atomic mass is 32.2. The summed E-state index contributed by atoms with van der Waals surface area (Å²) in [5.41, 5.74) is -0.305. The Balaban J connectivity index is 1.93. The first-order valence-corrected chi connectivity index (χ1v) is 8.90. The van der Waals surface area contributed by atoms with Crippen molar-refractivity contribution >= 4 is 15.9 Å². The Morgan fingerprint density at radius 3 is 2.55 bits per heavy atom. The number of carbonyl (C=O) groups is 1. The van der Waals surface area contributed by atoms with Crippen molar-refractivity contribution in [3.8, 4) is 0 Å². The average Bonchev–Trinajstić information content (AvgIpc) is 2.37. The van der Waals surface area contributed by atoms with Crippen LogP contribution in [0, 0.1) is 11.3 Å². The van der Waals surface area contributed by atoms with Gasteiger partial charge in [0, 0.05) is 24.5 Å². The lowest BCUT2D eigenvalue weighted by atomic mass is 9.64. The Morgan fingerprint density at radius 1 is 1.40 bits per heavy atom. The molecule has 1 saturated heterocycles. The summed E-state index contributed by atoms with van der Waals surface area (Å²) in [6, 6.07) is -0.0291. The lowest BCUT2D eigenvalue weighted by molar-refractivity contribution is -0.134. The van der Waals surface area contributed by atoms with Gasteiger partial charge >= 0.3 is 0 Å². The first-order chi connectivity index (χ1) is 9.12. The van der Waals surface area contributed by atoms with Gasteiger partial charge in [0.2, 0.25) is 15.9 Å². The molecule has 1 saturated carbocycles. The lowest BCUT2D eigenvalue weighted by Crippen LogP contribution is -2.62. The highest BCUT2D eigenvalue weighted by molar-refractivity contribution is 7.88. The summed E-state index contributed by atoms with van der Waals surface area (Å²) in [5, 5.41) is 12.6. The van der Waals surface area contributed by atoms with Crippen molar-refractivity contribution in [1.29, 1.82) is 0 Å². The van der Waals surface area contributed by atoms with Crippen LogP contribution in [0.15, 0.2) is 0 Å². The molecule has 7 heteroatoms. The van der Waals surface area contributed by atoms with E-state index in [9.17, 15) is 18.3 Å². The molecule has 0 aromatic rings. The van der Waals surface area contributed by atoms with E-state index in [1.807, 2.05) is 13.8 Å². The van der Waals surface area contributed by atoms with E-state index in [0.29, 0.717) is 25.8 Å². The summed E-state index contributed by atoms with van der Waals surface area (Å²) in [7, 11) is -3.23. The minimum Gasteiger partial charge on any atom is -0.392 e. The number of rotatable bonds is 3. The van der Waals surface area contributed by atoms with Gasteiger partial charge in [0.05, 0.1) is 18.3 Å². The molecule has 2 fully saturated rings. The molecule has 0 spiro atoms. The molecule has 6 nitrogen and oxygen atoms in total. The Kier molecular flexibility index (Phi) is 4.15. The van der Waals surface area contributed by atoms with E-state index in [2.05, 4.69) is 5.32 Å². The van der Waals surface area contributed by atoms with Crippen LogP contribution < -0.4 is 5.32 Å². The smallest absolute Gasteiger partial charge is 0.224 e. The molecule has 1 aliphatic heterocycles. The number of amides is 1. The second-order valence-corrected chi connectivity index (χ2v) is 8.58. The van der Waals surface area contributed by atoms with Gasteiger partial charge in [0.25, 0.3) is 0 Å². The molecule has 2 N–H and O–H groups in total. The normalized spacial score (nSPS) is 34.3. The van der Waals surface area contributed by atoms with Crippen LogP contribution in [-0.4, -0.2) is 55.2 Å². The first-order valence-electron chi connectivity index (χ1n) is 7.06. The molecule has 116 valence electrons. The minimum absolute atomic E-state index is 0.0291. The predicted octanol–water partition coefficient (Wildman–Crippen LogP) is -0.0664. The van der Waals surface area contributed by atoms with Crippen molar-refractivity contribution in [2.75, 3.05) is 19.3 Å². The number of piperidine rings is 1. The summed E-state index contributed by atoms with van der Waals surface area (Å²) >= 11 is 0. The Hall–Kier alpha value is -0.660. The number of aliphatic hydroxyl groups is 1. The van der Waals surface area contributed by atoms with E-state index in [1.165, 1.54) is 10.6 Å². The molecule has 0 aromatic heterocycles. The van der Waals surface area contributed by atoms with Crippen LogP contribution in [0.1, 0.15) is 33.1 Å². The first kappa shape index (κ1) is 15.7. The second-order valence-electron chi connectivity index (χ2n) is 6.59. The number of aliphatic hydroxyl groups excluding tert-OH is 1. The van der Waals surface area contributed by atoms with E-state index in [-0.39, 0.29) is 35.9 Å². The van der Waals surface area contributed by atoms with Gasteiger partial charge in [-0.1, -0.05) is 13.8 Å². The fourth-order valence-electron chi connectivity index (χ4n) is 2.89. The molecule has 3 unspecified atom stereocenters. The zero-order chi connectivity index (χ0) is 15.1. The SMILES string of the molecule is CC1(C)C(O)CC1NC(=O)C1CCCN(S(C)(=O)=O)C1. The quantitative estimate of drug-likeness (QED) is 0.764. The van der Waals surface area contributed by atoms with Crippen LogP contribution in [0.2, 0.25) is 0 Å². The van der Waals surface area contributed by atoms with E-state index >= 15 is 0 Å². The standard InChI is InChI=1S/C13H24N2O4S/c1-13(2)10(7-11(13)16)14-12(17)9-5-4-6-15(8-9)20(3,18)19/h9-11,16H,4-8H2,1-3H3,(H,14,17). The van der Waals surface area contributed by atoms with Crippen molar-refractivity contribution in [2.45, 2.75) is 45.3 Å². The van der Waals surface area contributed by atoms with Crippen LogP contribution in [0.3, 0.4) is 0 Å². The van der Waals surface area contributed by atoms with Crippen molar-refractivity contribution < 1.29 is 18.3 Å². The highest BCUT2D eigenvalue weighted by Crippen LogP contribution is 2.40. The van der Waals surface area contributed by atoms with Gasteiger partial charge < -0.3 is 10.4 Å². The molecular formula is C13H24N2O4S. The lowest BCUT2D eigenvalue weighted by Gasteiger charge is -2.49. The molecule has 1 amide bonds. The molecule has 3 atom stereocenters. The van der Waals surface area contributed by atoms with Crippen LogP contribution >= 0.6 is 0 Å². The summed E-state index contributed by atoms with van der Waals surface area (Å²) in [4.78, 5) is 12.3. The van der Waals surface area contributed by atoms with Gasteiger partial charge in [0.15, 0.2) is 0 Å². The van der Waals surface area contributed by atoms with E-state index < -0.39 is 10.0 Å². The number of carbonyl (C=O) groups excluding carboxylic acids is 1. The Labute approximate surface area is 120 Å². The third-order valence-corrected chi connectivity index (χ3v) is 6.03. The number of nitrogens with one attached hydrogen (secondary N) is 1. The van der Waals surface area contributed by atoms with Gasteiger partial charge in [0.1, 0.15) is 0 Å². The maximum Gasteiger partial charge on any atom is 0.224 e. The largest absolute Gasteiger partial charge is 0.392 e. The summed E-state index contributed by atoms with van der Waals surface area (Å²) < 4.78 is 24.5. The van der Waals surface area contributed by atoms with Crippen LogP contribution in [0.25, 0.3) is 0 Å². The van der Waals surface area contributed by atoms with Gasteiger partial charge in [-0.3, -0.25) is 4.79 Å². The average molecular weight is 304 g/mol. The van der Waals surface area contributed by atoms with Crippen LogP contribution in [-0.2, 0) is 14.8 Å². The maximum absolute atomic E-state index is 12.3. The fourth-order valence-corrected chi connectivity index (χ4v) is 3.81. The molecule has 1 heterocycles. The molecule has 20 heavy (non-hydrogen) atoms. The third kappa shape index (κ3) is 2.99. The zero-order valence-electron chi connectivity index (χ0n) is 12.3. The zero-order valence-corrected chi connectivity index (χ0v) is 13.1. The Bertz CT molecular complexity index is 489. The monoisotopic (exact) mass is 304 g/mol. The van der Waals surface area contributed by atoms with Gasteiger partial charge in [-0.25, -0.2) is 12.7 Å². The van der Waals surface area contributed by atoms with Crippen molar-refractivity contribution in [3.05, 3.63) is 0 Å². The minimum atomic E-state index is -3.23. The second kappa shape index (κ2) is 5.27. The molecular weight excluding hydrogens is 280 g/mol. The molecule has 2 aliphatic rings. The van der Waals surface area contributed by atoms with Crippen molar-refractivity contribution in [3.63, 3.8) is 0 Å². The van der Waals surface area contributed by atoms with E-state index in [1.54, 1.807) is 0 Å². The molecule has 2 rings (SSSR count). The summed E-state index contributed by atoms with van der Waals surface area (Å²) in [6.45, 7) is 4.61. The van der Waals surface area contributed by atoms with Crippen LogP contribution in [0.5, 0.6) is 0 Å². The fraction of sp³-hybridized carbons (Fsp3) is 0.923. The van der Waals surface area contributed by atoms with E-state index in [0.717, 1.165) is 0 Å². The Morgan fingerprint density at radius 2 is 2.05 bits per heavy atom. The number of hydrogen-bond donors (Lipinski definition) is 2. The maximum atomic E-state index is 12.3. The number of nitrogens with zero attached hydrogens (tertiary/aromatic N) is 1. The molecule has 0 aromatic carbocycles. The van der Waals surface area contributed by atoms with E-state index in [4.69, 9.17) is 0 Å². The molecule has 1 aliphatic carbocycles. The van der Waals surface area contributed by atoms with Gasteiger partial charge in [-0.05, 0) is 19.3 Å².